The number of nitrogens with two attached hydrogens (primary N) is 2. The van der Waals surface area contributed by atoms with Gasteiger partial charge in [-0.15, -0.1) is 0 Å². The van der Waals surface area contributed by atoms with Crippen molar-refractivity contribution in [2.75, 3.05) is 23.0 Å². The molecule has 12 nitrogen and oxygen atoms in total. The molecule has 4 heterocycles. The molecule has 0 aromatic carbocycles. The topological polar surface area (TPSA) is 149 Å². The second-order valence-electron chi connectivity index (χ2n) is 8.54. The summed E-state index contributed by atoms with van der Waals surface area (Å²) in [5.74, 6) is 12.7. The summed E-state index contributed by atoms with van der Waals surface area (Å²) in [4.78, 5) is 17.4. The van der Waals surface area contributed by atoms with Crippen LogP contribution in [0.15, 0.2) is 42.0 Å². The Morgan fingerprint density at radius 3 is 2.60 bits per heavy atom. The van der Waals surface area contributed by atoms with Crippen molar-refractivity contribution in [3.05, 3.63) is 48.2 Å². The molecule has 0 unspecified atom stereocenters. The first kappa shape index (κ1) is 24.3. The Kier molecular flexibility index (Phi) is 8.39. The molecule has 1 fully saturated rings. The van der Waals surface area contributed by atoms with Crippen LogP contribution in [0.25, 0.3) is 0 Å². The van der Waals surface area contributed by atoms with E-state index in [9.17, 15) is 0 Å². The van der Waals surface area contributed by atoms with E-state index in [1.807, 2.05) is 12.4 Å². The smallest absolute Gasteiger partial charge is 0.225 e. The van der Waals surface area contributed by atoms with Crippen LogP contribution in [-0.2, 0) is 13.0 Å². The van der Waals surface area contributed by atoms with Crippen molar-refractivity contribution < 1.29 is 4.74 Å². The van der Waals surface area contributed by atoms with Gasteiger partial charge in [0.2, 0.25) is 5.95 Å². The highest BCUT2D eigenvalue weighted by molar-refractivity contribution is 5.75. The number of aromatic nitrogens is 6. The van der Waals surface area contributed by atoms with E-state index >= 15 is 0 Å². The average Bonchev–Trinajstić information content (AvgIpc) is 3.38. The monoisotopic (exact) mass is 479 g/mol. The minimum Gasteiger partial charge on any atom is -0.486 e. The lowest BCUT2D eigenvalue weighted by molar-refractivity contribution is 0.291. The van der Waals surface area contributed by atoms with Gasteiger partial charge in [0.1, 0.15) is 30.2 Å². The number of anilines is 2. The van der Waals surface area contributed by atoms with Crippen molar-refractivity contribution >= 4 is 18.1 Å². The third-order valence-electron chi connectivity index (χ3n) is 5.95. The molecular formula is C23H33N11O. The molecule has 0 atom stereocenters. The first-order valence-electron chi connectivity index (χ1n) is 12.0. The fourth-order valence-electron chi connectivity index (χ4n) is 3.97. The normalized spacial score (nSPS) is 14.5. The van der Waals surface area contributed by atoms with E-state index in [2.05, 4.69) is 42.1 Å². The van der Waals surface area contributed by atoms with Gasteiger partial charge in [-0.1, -0.05) is 19.8 Å². The Morgan fingerprint density at radius 1 is 1.11 bits per heavy atom. The van der Waals surface area contributed by atoms with Crippen LogP contribution in [0, 0.1) is 0 Å². The Balaban J connectivity index is 1.24. The second kappa shape index (κ2) is 12.1. The Labute approximate surface area is 205 Å². The zero-order valence-electron chi connectivity index (χ0n) is 20.1. The molecular weight excluding hydrogens is 446 g/mol. The van der Waals surface area contributed by atoms with Crippen LogP contribution in [0.2, 0.25) is 0 Å². The fourth-order valence-corrected chi connectivity index (χ4v) is 3.97. The largest absolute Gasteiger partial charge is 0.486 e. The number of hydrogen-bond acceptors (Lipinski definition) is 10. The predicted molar refractivity (Wildman–Crippen MR) is 134 cm³/mol. The highest BCUT2D eigenvalue weighted by Crippen LogP contribution is 2.24. The highest BCUT2D eigenvalue weighted by Gasteiger charge is 2.23. The minimum absolute atomic E-state index is 0.244. The quantitative estimate of drug-likeness (QED) is 0.138. The average molecular weight is 480 g/mol. The number of ether oxygens (including phenoxy) is 1. The highest BCUT2D eigenvalue weighted by atomic mass is 16.5. The third-order valence-corrected chi connectivity index (χ3v) is 5.95. The molecule has 0 spiro atoms. The van der Waals surface area contributed by atoms with E-state index in [0.29, 0.717) is 18.2 Å². The van der Waals surface area contributed by atoms with Crippen LogP contribution >= 0.6 is 0 Å². The Morgan fingerprint density at radius 2 is 1.91 bits per heavy atom. The summed E-state index contributed by atoms with van der Waals surface area (Å²) in [6.45, 7) is 4.26. The van der Waals surface area contributed by atoms with Crippen molar-refractivity contribution in [2.24, 2.45) is 16.8 Å². The minimum atomic E-state index is 0.244. The summed E-state index contributed by atoms with van der Waals surface area (Å²) in [5, 5.41) is 13.7. The lowest BCUT2D eigenvalue weighted by atomic mass is 10.1. The first-order chi connectivity index (χ1) is 17.2. The Hall–Kier alpha value is -3.80. The molecule has 0 aliphatic carbocycles. The van der Waals surface area contributed by atoms with Gasteiger partial charge in [-0.3, -0.25) is 0 Å². The maximum Gasteiger partial charge on any atom is 0.225 e. The maximum atomic E-state index is 5.78. The van der Waals surface area contributed by atoms with Gasteiger partial charge >= 0.3 is 0 Å². The molecule has 0 saturated carbocycles. The molecule has 0 bridgehead atoms. The fraction of sp³-hybridized carbons (Fsp3) is 0.478. The van der Waals surface area contributed by atoms with Crippen LogP contribution < -0.4 is 26.3 Å². The van der Waals surface area contributed by atoms with E-state index in [-0.39, 0.29) is 6.04 Å². The molecule has 186 valence electrons. The van der Waals surface area contributed by atoms with Crippen molar-refractivity contribution in [3.8, 4) is 5.75 Å². The summed E-state index contributed by atoms with van der Waals surface area (Å²) >= 11 is 0. The Bertz CT molecular complexity index is 1060. The van der Waals surface area contributed by atoms with Crippen LogP contribution in [-0.4, -0.2) is 49.4 Å². The summed E-state index contributed by atoms with van der Waals surface area (Å²) in [5.41, 5.74) is 1.97. The van der Waals surface area contributed by atoms with Gasteiger partial charge in [0.05, 0.1) is 18.4 Å². The summed E-state index contributed by atoms with van der Waals surface area (Å²) in [6, 6.07) is 3.73. The molecule has 1 saturated heterocycles. The van der Waals surface area contributed by atoms with Gasteiger partial charge in [-0.2, -0.15) is 20.1 Å². The molecule has 4 rings (SSSR count). The van der Waals surface area contributed by atoms with Gasteiger partial charge in [0.15, 0.2) is 0 Å². The third kappa shape index (κ3) is 6.63. The lowest BCUT2D eigenvalue weighted by Gasteiger charge is -2.31. The summed E-state index contributed by atoms with van der Waals surface area (Å²) in [6.07, 6.45) is 15.1. The van der Waals surface area contributed by atoms with E-state index in [0.717, 1.165) is 44.0 Å². The first-order valence-corrected chi connectivity index (χ1v) is 12.0. The van der Waals surface area contributed by atoms with Gasteiger partial charge < -0.3 is 15.5 Å². The lowest BCUT2D eigenvalue weighted by Crippen LogP contribution is -2.36. The SMILES string of the molecule is CCCCCc1cnc(N2CCC(n3ncc(COc4ccc(N(N)/C=N\N)nc4)n3)CC2)nc1. The van der Waals surface area contributed by atoms with Gasteiger partial charge in [-0.05, 0) is 43.4 Å². The summed E-state index contributed by atoms with van der Waals surface area (Å²) < 4.78 is 5.78. The maximum absolute atomic E-state index is 5.78. The zero-order valence-corrected chi connectivity index (χ0v) is 20.1. The van der Waals surface area contributed by atoms with Crippen molar-refractivity contribution in [2.45, 2.75) is 58.1 Å². The van der Waals surface area contributed by atoms with Crippen LogP contribution in [0.4, 0.5) is 11.8 Å². The molecule has 1 aliphatic rings. The number of hydrazone groups is 1. The molecule has 0 radical (unpaired) electrons. The van der Waals surface area contributed by atoms with E-state index in [4.69, 9.17) is 16.4 Å². The number of hydrogen-bond donors (Lipinski definition) is 2. The van der Waals surface area contributed by atoms with Gasteiger partial charge in [-0.25, -0.2) is 25.8 Å². The summed E-state index contributed by atoms with van der Waals surface area (Å²) in [7, 11) is 0. The van der Waals surface area contributed by atoms with Gasteiger partial charge in [0.25, 0.3) is 0 Å². The van der Waals surface area contributed by atoms with Crippen LogP contribution in [0.3, 0.4) is 0 Å². The molecule has 35 heavy (non-hydrogen) atoms. The number of unbranched alkanes of at least 4 members (excludes halogenated alkanes) is 2. The molecule has 4 N–H and O–H groups in total. The second-order valence-corrected chi connectivity index (χ2v) is 8.54. The van der Waals surface area contributed by atoms with Crippen molar-refractivity contribution in [1.29, 1.82) is 0 Å². The number of hydrazine groups is 1. The van der Waals surface area contributed by atoms with E-state index in [1.165, 1.54) is 36.2 Å². The van der Waals surface area contributed by atoms with Crippen LogP contribution in [0.1, 0.15) is 56.3 Å². The number of rotatable bonds is 11. The van der Waals surface area contributed by atoms with Crippen molar-refractivity contribution in [1.82, 2.24) is 29.9 Å². The number of pyridine rings is 1. The molecule has 0 amide bonds. The predicted octanol–water partition coefficient (Wildman–Crippen LogP) is 2.20. The zero-order chi connectivity index (χ0) is 24.5. The molecule has 12 heteroatoms. The van der Waals surface area contributed by atoms with E-state index < -0.39 is 0 Å². The molecule has 3 aromatic rings. The molecule has 1 aliphatic heterocycles. The van der Waals surface area contributed by atoms with E-state index in [1.54, 1.807) is 29.3 Å². The number of piperidine rings is 1. The number of aryl methyl sites for hydroxylation is 1. The standard InChI is InChI=1S/C23H33N11O/c1-2-3-4-5-18-12-27-23(28-13-18)32-10-8-20(9-11-32)34-30-14-19(31-34)16-35-21-6-7-22(26-15-21)33(25)17-29-24/h6-7,12-15,17,20H,2-5,8-11,16,24-25H2,1H3/b29-17-. The molecule has 3 aromatic heterocycles. The number of nitrogens with zero attached hydrogens (tertiary/aromatic N) is 9. The van der Waals surface area contributed by atoms with Gasteiger partial charge in [0, 0.05) is 25.5 Å². The van der Waals surface area contributed by atoms with Crippen molar-refractivity contribution in [3.63, 3.8) is 0 Å². The van der Waals surface area contributed by atoms with Crippen LogP contribution in [0.5, 0.6) is 5.75 Å².